The van der Waals surface area contributed by atoms with E-state index in [0.29, 0.717) is 25.2 Å². The van der Waals surface area contributed by atoms with Crippen LogP contribution in [0.3, 0.4) is 0 Å². The number of piperidine rings is 1. The molecule has 0 unspecified atom stereocenters. The van der Waals surface area contributed by atoms with Crippen molar-refractivity contribution in [3.63, 3.8) is 0 Å². The summed E-state index contributed by atoms with van der Waals surface area (Å²) in [6.45, 7) is 6.82. The molecular formula is C13H24N4O2. The summed E-state index contributed by atoms with van der Waals surface area (Å²) in [7, 11) is 0. The van der Waals surface area contributed by atoms with Crippen LogP contribution in [0.4, 0.5) is 4.79 Å². The predicted octanol–water partition coefficient (Wildman–Crippen LogP) is -0.0141. The van der Waals surface area contributed by atoms with E-state index in [9.17, 15) is 9.59 Å². The van der Waals surface area contributed by atoms with Gasteiger partial charge in [-0.15, -0.1) is 0 Å². The molecule has 6 heteroatoms. The molecule has 108 valence electrons. The highest BCUT2D eigenvalue weighted by atomic mass is 16.2. The van der Waals surface area contributed by atoms with Crippen molar-refractivity contribution in [1.82, 2.24) is 15.1 Å². The van der Waals surface area contributed by atoms with Crippen molar-refractivity contribution in [1.29, 1.82) is 0 Å². The minimum atomic E-state index is -0.417. The minimum Gasteiger partial charge on any atom is -0.351 e. The Labute approximate surface area is 114 Å². The molecule has 0 radical (unpaired) electrons. The number of carbonyl (C=O) groups excluding carboxylic acids is 2. The van der Waals surface area contributed by atoms with Gasteiger partial charge in [-0.05, 0) is 26.7 Å². The Morgan fingerprint density at radius 2 is 1.74 bits per heavy atom. The Morgan fingerprint density at radius 1 is 1.11 bits per heavy atom. The smallest absolute Gasteiger partial charge is 0.314 e. The molecular weight excluding hydrogens is 244 g/mol. The number of rotatable bonds is 1. The summed E-state index contributed by atoms with van der Waals surface area (Å²) >= 11 is 0. The van der Waals surface area contributed by atoms with E-state index in [1.165, 1.54) is 0 Å². The van der Waals surface area contributed by atoms with E-state index in [2.05, 4.69) is 19.2 Å². The van der Waals surface area contributed by atoms with E-state index in [4.69, 9.17) is 5.73 Å². The third kappa shape index (κ3) is 3.37. The van der Waals surface area contributed by atoms with E-state index >= 15 is 0 Å². The average molecular weight is 268 g/mol. The lowest BCUT2D eigenvalue weighted by molar-refractivity contribution is -0.138. The normalized spacial score (nSPS) is 32.2. The number of hydrogen-bond acceptors (Lipinski definition) is 3. The van der Waals surface area contributed by atoms with Crippen molar-refractivity contribution in [2.45, 2.75) is 38.8 Å². The molecule has 0 saturated carbocycles. The van der Waals surface area contributed by atoms with E-state index in [0.717, 1.165) is 25.9 Å². The summed E-state index contributed by atoms with van der Waals surface area (Å²) in [5.74, 6) is 0.0879. The lowest BCUT2D eigenvalue weighted by Crippen LogP contribution is -2.58. The van der Waals surface area contributed by atoms with Gasteiger partial charge in [-0.1, -0.05) is 0 Å². The second-order valence-corrected chi connectivity index (χ2v) is 5.84. The van der Waals surface area contributed by atoms with Gasteiger partial charge >= 0.3 is 6.03 Å². The van der Waals surface area contributed by atoms with Gasteiger partial charge in [0.1, 0.15) is 0 Å². The van der Waals surface area contributed by atoms with Gasteiger partial charge in [0.2, 0.25) is 5.91 Å². The number of carbonyl (C=O) groups is 2. The van der Waals surface area contributed by atoms with Gasteiger partial charge in [-0.2, -0.15) is 0 Å². The molecule has 0 aromatic rings. The van der Waals surface area contributed by atoms with Gasteiger partial charge < -0.3 is 20.9 Å². The molecule has 0 spiro atoms. The number of hydrogen-bond donors (Lipinski definition) is 2. The molecule has 0 aromatic carbocycles. The zero-order valence-electron chi connectivity index (χ0n) is 11.8. The van der Waals surface area contributed by atoms with Crippen LogP contribution >= 0.6 is 0 Å². The molecule has 19 heavy (non-hydrogen) atoms. The van der Waals surface area contributed by atoms with Crippen molar-refractivity contribution in [3.05, 3.63) is 0 Å². The number of nitrogens with zero attached hydrogens (tertiary/aromatic N) is 2. The zero-order chi connectivity index (χ0) is 14.0. The molecule has 0 bridgehead atoms. The maximum absolute atomic E-state index is 12.5. The van der Waals surface area contributed by atoms with E-state index in [-0.39, 0.29) is 11.8 Å². The lowest BCUT2D eigenvalue weighted by atomic mass is 9.95. The number of nitrogens with one attached hydrogen (secondary N) is 1. The highest BCUT2D eigenvalue weighted by Gasteiger charge is 2.33. The van der Waals surface area contributed by atoms with Crippen LogP contribution in [0.5, 0.6) is 0 Å². The van der Waals surface area contributed by atoms with Crippen LogP contribution < -0.4 is 11.1 Å². The number of nitrogens with two attached hydrogens (primary N) is 1. The minimum absolute atomic E-state index is 0.0845. The van der Waals surface area contributed by atoms with Crippen LogP contribution in [-0.2, 0) is 4.79 Å². The molecule has 3 atom stereocenters. The van der Waals surface area contributed by atoms with Crippen molar-refractivity contribution in [2.24, 2.45) is 11.7 Å². The summed E-state index contributed by atoms with van der Waals surface area (Å²) in [6.07, 6.45) is 1.71. The Kier molecular flexibility index (Phi) is 4.29. The molecule has 2 aliphatic rings. The molecule has 0 aliphatic carbocycles. The fraction of sp³-hybridized carbons (Fsp3) is 0.846. The summed E-state index contributed by atoms with van der Waals surface area (Å²) in [5, 5.41) is 3.42. The zero-order valence-corrected chi connectivity index (χ0v) is 11.8. The quantitative estimate of drug-likeness (QED) is 0.702. The van der Waals surface area contributed by atoms with Crippen LogP contribution in [0.2, 0.25) is 0 Å². The van der Waals surface area contributed by atoms with Gasteiger partial charge in [0.05, 0.1) is 5.92 Å². The third-order valence-corrected chi connectivity index (χ3v) is 3.95. The largest absolute Gasteiger partial charge is 0.351 e. The predicted molar refractivity (Wildman–Crippen MR) is 72.5 cm³/mol. The number of piperazine rings is 1. The Hall–Kier alpha value is -1.30. The Morgan fingerprint density at radius 3 is 2.32 bits per heavy atom. The van der Waals surface area contributed by atoms with Crippen molar-refractivity contribution in [3.8, 4) is 0 Å². The first kappa shape index (κ1) is 14.1. The monoisotopic (exact) mass is 268 g/mol. The first-order valence-corrected chi connectivity index (χ1v) is 7.06. The van der Waals surface area contributed by atoms with Crippen LogP contribution in [0, 0.1) is 5.92 Å². The average Bonchev–Trinajstić information content (AvgIpc) is 2.37. The van der Waals surface area contributed by atoms with Gasteiger partial charge in [0.15, 0.2) is 0 Å². The molecule has 0 aromatic heterocycles. The number of amides is 3. The summed E-state index contributed by atoms with van der Waals surface area (Å²) in [4.78, 5) is 27.3. The second-order valence-electron chi connectivity index (χ2n) is 5.84. The highest BCUT2D eigenvalue weighted by Crippen LogP contribution is 2.20. The van der Waals surface area contributed by atoms with Gasteiger partial charge in [-0.3, -0.25) is 4.79 Å². The van der Waals surface area contributed by atoms with Crippen LogP contribution in [-0.4, -0.2) is 60.0 Å². The molecule has 2 fully saturated rings. The van der Waals surface area contributed by atoms with Crippen LogP contribution in [0.1, 0.15) is 26.7 Å². The first-order valence-electron chi connectivity index (χ1n) is 7.06. The molecule has 2 heterocycles. The third-order valence-electron chi connectivity index (χ3n) is 3.95. The second kappa shape index (κ2) is 5.77. The molecule has 2 saturated heterocycles. The molecule has 3 amide bonds. The first-order chi connectivity index (χ1) is 8.97. The lowest BCUT2D eigenvalue weighted by Gasteiger charge is -2.39. The topological polar surface area (TPSA) is 78.7 Å². The van der Waals surface area contributed by atoms with Crippen LogP contribution in [0.25, 0.3) is 0 Å². The number of urea groups is 1. The van der Waals surface area contributed by atoms with E-state index < -0.39 is 6.03 Å². The van der Waals surface area contributed by atoms with Crippen molar-refractivity contribution in [2.75, 3.05) is 26.2 Å². The fourth-order valence-electron chi connectivity index (χ4n) is 3.14. The molecule has 2 rings (SSSR count). The SMILES string of the molecule is C[C@@H]1CN(C(=O)[C@@H]2CCCN(C(N)=O)C2)C[C@@H](C)N1. The van der Waals surface area contributed by atoms with Crippen molar-refractivity contribution < 1.29 is 9.59 Å². The summed E-state index contributed by atoms with van der Waals surface area (Å²) < 4.78 is 0. The number of likely N-dealkylation sites (tertiary alicyclic amines) is 1. The van der Waals surface area contributed by atoms with Crippen molar-refractivity contribution >= 4 is 11.9 Å². The van der Waals surface area contributed by atoms with Gasteiger partial charge in [0, 0.05) is 38.3 Å². The molecule has 6 nitrogen and oxygen atoms in total. The van der Waals surface area contributed by atoms with Gasteiger partial charge in [0.25, 0.3) is 0 Å². The maximum atomic E-state index is 12.5. The van der Waals surface area contributed by atoms with E-state index in [1.807, 2.05) is 4.90 Å². The summed E-state index contributed by atoms with van der Waals surface area (Å²) in [5.41, 5.74) is 5.30. The number of primary amides is 1. The molecule has 2 aliphatic heterocycles. The Bertz CT molecular complexity index is 351. The highest BCUT2D eigenvalue weighted by molar-refractivity contribution is 5.80. The standard InChI is InChI=1S/C13H24N4O2/c1-9-6-17(7-10(2)15-9)12(18)11-4-3-5-16(8-11)13(14)19/h9-11,15H,3-8H2,1-2H3,(H2,14,19)/t9-,10-,11-/m1/s1. The van der Waals surface area contributed by atoms with E-state index in [1.54, 1.807) is 4.90 Å². The Balaban J connectivity index is 1.96. The molecule has 3 N–H and O–H groups in total. The van der Waals surface area contributed by atoms with Gasteiger partial charge in [-0.25, -0.2) is 4.79 Å². The fourth-order valence-corrected chi connectivity index (χ4v) is 3.14. The van der Waals surface area contributed by atoms with Crippen LogP contribution in [0.15, 0.2) is 0 Å². The summed E-state index contributed by atoms with van der Waals surface area (Å²) in [6, 6.07) is 0.228. The maximum Gasteiger partial charge on any atom is 0.314 e.